The molecule has 0 amide bonds. The topological polar surface area (TPSA) is 90.8 Å². The first-order chi connectivity index (χ1) is 9.38. The molecule has 3 rings (SSSR count). The zero-order chi connectivity index (χ0) is 14.5. The number of rotatable bonds is 1. The molecule has 0 saturated heterocycles. The number of nitrogens with two attached hydrogens (primary N) is 1. The smallest absolute Gasteiger partial charge is 0.393 e. The van der Waals surface area contributed by atoms with E-state index in [-0.39, 0.29) is 12.0 Å². The quantitative estimate of drug-likeness (QED) is 0.623. The van der Waals surface area contributed by atoms with E-state index >= 15 is 0 Å². The molecule has 8 heteroatoms. The maximum atomic E-state index is 14.6. The molecule has 2 N–H and O–H groups in total. The first kappa shape index (κ1) is 12.8. The summed E-state index contributed by atoms with van der Waals surface area (Å²) in [6, 6.07) is 5.98. The Bertz CT molecular complexity index is 620. The van der Waals surface area contributed by atoms with Gasteiger partial charge in [0.15, 0.2) is 5.54 Å². The Labute approximate surface area is 112 Å². The summed E-state index contributed by atoms with van der Waals surface area (Å²) in [6.45, 7) is 0. The van der Waals surface area contributed by atoms with Crippen LogP contribution in [-0.4, -0.2) is 23.1 Å². The van der Waals surface area contributed by atoms with Crippen LogP contribution in [0.3, 0.4) is 0 Å². The summed E-state index contributed by atoms with van der Waals surface area (Å²) in [7, 11) is 0. The van der Waals surface area contributed by atoms with Crippen LogP contribution in [0.2, 0.25) is 0 Å². The largest absolute Gasteiger partial charge is 0.422 e. The molecule has 6 nitrogen and oxygen atoms in total. The van der Waals surface area contributed by atoms with Crippen molar-refractivity contribution in [3.8, 4) is 0 Å². The van der Waals surface area contributed by atoms with Gasteiger partial charge in [-0.25, -0.2) is 4.99 Å². The number of ether oxygens (including phenoxy) is 1. The number of hydrogen-bond acceptors (Lipinski definition) is 5. The minimum Gasteiger partial charge on any atom is -0.393 e. The first-order valence-corrected chi connectivity index (χ1v) is 6.00. The third kappa shape index (κ3) is 1.44. The molecule has 0 saturated carbocycles. The molecule has 1 spiro atoms. The molecule has 0 aromatic heterocycles. The van der Waals surface area contributed by atoms with Gasteiger partial charge in [0, 0.05) is 0 Å². The van der Waals surface area contributed by atoms with E-state index in [1.807, 2.05) is 0 Å². The molecule has 0 fully saturated rings. The van der Waals surface area contributed by atoms with E-state index in [4.69, 9.17) is 5.73 Å². The summed E-state index contributed by atoms with van der Waals surface area (Å²) in [6.07, 6.45) is -2.19. The molecule has 1 aliphatic carbocycles. The number of benzene rings is 1. The number of hydrogen-bond donors (Lipinski definition) is 1. The lowest BCUT2D eigenvalue weighted by atomic mass is 9.84. The molecular weight excluding hydrogens is 272 g/mol. The van der Waals surface area contributed by atoms with E-state index in [0.717, 1.165) is 0 Å². The Morgan fingerprint density at radius 2 is 2.15 bits per heavy atom. The third-order valence-corrected chi connectivity index (χ3v) is 3.81. The molecule has 1 aromatic rings. The summed E-state index contributed by atoms with van der Waals surface area (Å²) in [4.78, 5) is 13.5. The van der Waals surface area contributed by atoms with Crippen LogP contribution in [0.1, 0.15) is 17.5 Å². The molecule has 106 valence electrons. The van der Waals surface area contributed by atoms with Gasteiger partial charge in [0.1, 0.15) is 0 Å². The van der Waals surface area contributed by atoms with E-state index in [9.17, 15) is 18.9 Å². The molecule has 1 unspecified atom stereocenters. The Kier molecular flexibility index (Phi) is 2.47. The van der Waals surface area contributed by atoms with Crippen molar-refractivity contribution in [2.45, 2.75) is 30.5 Å². The minimum atomic E-state index is -3.77. The number of aliphatic imine (C=N–C) groups is 1. The van der Waals surface area contributed by atoms with Gasteiger partial charge in [-0.1, -0.05) is 24.3 Å². The van der Waals surface area contributed by atoms with Gasteiger partial charge in [-0.15, -0.1) is 0 Å². The minimum absolute atomic E-state index is 0.0340. The maximum absolute atomic E-state index is 14.6. The monoisotopic (exact) mass is 283 g/mol. The van der Waals surface area contributed by atoms with Crippen molar-refractivity contribution in [3.05, 3.63) is 45.5 Å². The number of fused-ring (bicyclic) bond motifs is 2. The zero-order valence-electron chi connectivity index (χ0n) is 10.3. The van der Waals surface area contributed by atoms with E-state index in [0.29, 0.717) is 12.0 Å². The Morgan fingerprint density at radius 1 is 1.45 bits per heavy atom. The van der Waals surface area contributed by atoms with Crippen molar-refractivity contribution in [1.29, 1.82) is 0 Å². The van der Waals surface area contributed by atoms with Gasteiger partial charge < -0.3 is 10.5 Å². The fraction of sp³-hybridized carbons (Fsp3) is 0.417. The van der Waals surface area contributed by atoms with Crippen LogP contribution in [0.25, 0.3) is 0 Å². The predicted molar refractivity (Wildman–Crippen MR) is 64.9 cm³/mol. The van der Waals surface area contributed by atoms with Crippen LogP contribution in [0.5, 0.6) is 0 Å². The SMILES string of the molecule is NC1=N[C@@]2(CCc3ccccc32)C(F)(F)C([N+](=O)[O-])O1. The zero-order valence-corrected chi connectivity index (χ0v) is 10.3. The van der Waals surface area contributed by atoms with Gasteiger partial charge in [0.2, 0.25) is 0 Å². The van der Waals surface area contributed by atoms with E-state index in [1.165, 1.54) is 6.07 Å². The highest BCUT2D eigenvalue weighted by Crippen LogP contribution is 2.53. The van der Waals surface area contributed by atoms with Crippen molar-refractivity contribution in [2.75, 3.05) is 0 Å². The summed E-state index contributed by atoms with van der Waals surface area (Å²) < 4.78 is 33.6. The molecule has 0 bridgehead atoms. The average Bonchev–Trinajstić information content (AvgIpc) is 2.75. The van der Waals surface area contributed by atoms with Crippen LogP contribution in [-0.2, 0) is 16.7 Å². The van der Waals surface area contributed by atoms with Gasteiger partial charge in [-0.3, -0.25) is 10.1 Å². The Morgan fingerprint density at radius 3 is 2.85 bits per heavy atom. The van der Waals surface area contributed by atoms with Crippen LogP contribution in [0.15, 0.2) is 29.3 Å². The highest BCUT2D eigenvalue weighted by atomic mass is 19.3. The van der Waals surface area contributed by atoms with Gasteiger partial charge in [-0.2, -0.15) is 8.78 Å². The first-order valence-electron chi connectivity index (χ1n) is 6.00. The standard InChI is InChI=1S/C12H11F2N3O3/c13-12(14)9(17(18)19)20-10(15)16-11(12)6-5-7-3-1-2-4-8(7)11/h1-4,9H,5-6H2,(H2,15,16)/t9?,11-/m1/s1. The number of halogens is 2. The average molecular weight is 283 g/mol. The van der Waals surface area contributed by atoms with Crippen molar-refractivity contribution in [1.82, 2.24) is 0 Å². The van der Waals surface area contributed by atoms with E-state index in [2.05, 4.69) is 9.73 Å². The van der Waals surface area contributed by atoms with Crippen LogP contribution in [0, 0.1) is 10.1 Å². The lowest BCUT2D eigenvalue weighted by molar-refractivity contribution is -0.602. The third-order valence-electron chi connectivity index (χ3n) is 3.81. The number of nitrogens with zero attached hydrogens (tertiary/aromatic N) is 2. The van der Waals surface area contributed by atoms with Crippen molar-refractivity contribution >= 4 is 6.02 Å². The normalized spacial score (nSPS) is 30.5. The lowest BCUT2D eigenvalue weighted by Crippen LogP contribution is -2.60. The van der Waals surface area contributed by atoms with Crippen LogP contribution < -0.4 is 5.73 Å². The maximum Gasteiger partial charge on any atom is 0.422 e. The van der Waals surface area contributed by atoms with Crippen LogP contribution in [0.4, 0.5) is 8.78 Å². The van der Waals surface area contributed by atoms with Gasteiger partial charge in [0.25, 0.3) is 6.02 Å². The number of amidine groups is 1. The second-order valence-corrected chi connectivity index (χ2v) is 4.85. The van der Waals surface area contributed by atoms with Gasteiger partial charge >= 0.3 is 12.2 Å². The molecule has 2 aliphatic rings. The molecule has 1 aliphatic heterocycles. The summed E-state index contributed by atoms with van der Waals surface area (Å²) in [5.74, 6) is -3.77. The summed E-state index contributed by atoms with van der Waals surface area (Å²) in [5.41, 5.74) is 4.36. The highest BCUT2D eigenvalue weighted by Gasteiger charge is 2.70. The van der Waals surface area contributed by atoms with E-state index < -0.39 is 28.6 Å². The molecule has 0 radical (unpaired) electrons. The van der Waals surface area contributed by atoms with Crippen molar-refractivity contribution in [2.24, 2.45) is 10.7 Å². The number of alkyl halides is 2. The molecular formula is C12H11F2N3O3. The highest BCUT2D eigenvalue weighted by molar-refractivity contribution is 5.74. The van der Waals surface area contributed by atoms with Gasteiger partial charge in [-0.05, 0) is 24.0 Å². The number of nitro groups is 1. The van der Waals surface area contributed by atoms with Gasteiger partial charge in [0.05, 0.1) is 4.92 Å². The summed E-state index contributed by atoms with van der Waals surface area (Å²) >= 11 is 0. The fourth-order valence-electron chi connectivity index (χ4n) is 2.91. The van der Waals surface area contributed by atoms with E-state index in [1.54, 1.807) is 18.2 Å². The predicted octanol–water partition coefficient (Wildman–Crippen LogP) is 1.41. The molecule has 2 atom stereocenters. The van der Waals surface area contributed by atoms with Crippen molar-refractivity contribution in [3.63, 3.8) is 0 Å². The summed E-state index contributed by atoms with van der Waals surface area (Å²) in [5, 5.41) is 10.9. The molecule has 1 aromatic carbocycles. The second-order valence-electron chi connectivity index (χ2n) is 4.85. The second kappa shape index (κ2) is 3.87. The lowest BCUT2D eigenvalue weighted by Gasteiger charge is -2.38. The van der Waals surface area contributed by atoms with Crippen molar-refractivity contribution < 1.29 is 18.4 Å². The fourth-order valence-corrected chi connectivity index (χ4v) is 2.91. The number of aryl methyl sites for hydroxylation is 1. The van der Waals surface area contributed by atoms with Crippen LogP contribution >= 0.6 is 0 Å². The molecule has 20 heavy (non-hydrogen) atoms. The Hall–Kier alpha value is -2.25. The Balaban J connectivity index is 2.22. The molecule has 1 heterocycles.